The summed E-state index contributed by atoms with van der Waals surface area (Å²) in [5, 5.41) is 0. The summed E-state index contributed by atoms with van der Waals surface area (Å²) in [7, 11) is -4.25. The number of rotatable bonds is 9. The van der Waals surface area contributed by atoms with Crippen LogP contribution < -0.4 is 0 Å². The Labute approximate surface area is 220 Å². The van der Waals surface area contributed by atoms with Gasteiger partial charge in [0.2, 0.25) is 0 Å². The first kappa shape index (κ1) is 28.4. The Bertz CT molecular complexity index is 1050. The molecule has 0 heterocycles. The Balaban J connectivity index is 1.37. The highest BCUT2D eigenvalue weighted by Crippen LogP contribution is 2.66. The van der Waals surface area contributed by atoms with Crippen molar-refractivity contribution in [3.8, 4) is 0 Å². The molecule has 0 aliphatic heterocycles. The molecule has 37 heavy (non-hydrogen) atoms. The molecule has 0 radical (unpaired) electrons. The molecule has 8 atom stereocenters. The maximum absolute atomic E-state index is 13.8. The van der Waals surface area contributed by atoms with Crippen LogP contribution in [-0.4, -0.2) is 48.6 Å². The highest BCUT2D eigenvalue weighted by Gasteiger charge is 2.66. The van der Waals surface area contributed by atoms with E-state index in [-0.39, 0.29) is 83.7 Å². The van der Waals surface area contributed by atoms with Gasteiger partial charge in [-0.25, -0.2) is 8.42 Å². The molecule has 208 valence electrons. The lowest BCUT2D eigenvalue weighted by Crippen LogP contribution is -2.60. The van der Waals surface area contributed by atoms with Gasteiger partial charge in [0, 0.05) is 49.2 Å². The molecular weight excluding hydrogens is 496 g/mol. The largest absolute Gasteiger partial charge is 0.748 e. The van der Waals surface area contributed by atoms with Crippen LogP contribution in [0, 0.1) is 46.3 Å². The molecule has 0 aromatic rings. The van der Waals surface area contributed by atoms with Crippen LogP contribution in [0.4, 0.5) is 0 Å². The zero-order valence-electron chi connectivity index (χ0n) is 22.3. The summed E-state index contributed by atoms with van der Waals surface area (Å²) >= 11 is 0. The van der Waals surface area contributed by atoms with Gasteiger partial charge in [0.15, 0.2) is 0 Å². The van der Waals surface area contributed by atoms with Gasteiger partial charge in [0.25, 0.3) is 0 Å². The fourth-order valence-electron chi connectivity index (χ4n) is 8.58. The number of carbonyl (C=O) groups is 4. The van der Waals surface area contributed by atoms with Crippen molar-refractivity contribution in [2.75, 3.05) is 12.4 Å². The molecule has 0 aromatic heterocycles. The normalized spacial score (nSPS) is 38.5. The lowest BCUT2D eigenvalue weighted by Gasteiger charge is -2.58. The number of ether oxygens (including phenoxy) is 1. The van der Waals surface area contributed by atoms with Gasteiger partial charge < -0.3 is 9.29 Å². The van der Waals surface area contributed by atoms with E-state index >= 15 is 0 Å². The van der Waals surface area contributed by atoms with E-state index in [1.54, 1.807) is 0 Å². The fourth-order valence-corrected chi connectivity index (χ4v) is 9.13. The predicted molar refractivity (Wildman–Crippen MR) is 134 cm³/mol. The molecule has 8 nitrogen and oxygen atoms in total. The Kier molecular flexibility index (Phi) is 8.07. The fraction of sp³-hybridized carbons (Fsp3) is 0.857. The van der Waals surface area contributed by atoms with Crippen LogP contribution in [0.25, 0.3) is 0 Å². The zero-order chi connectivity index (χ0) is 27.2. The third-order valence-corrected chi connectivity index (χ3v) is 11.5. The molecule has 4 aliphatic carbocycles. The van der Waals surface area contributed by atoms with Gasteiger partial charge in [-0.05, 0) is 73.5 Å². The number of carbonyl (C=O) groups excluding carboxylic acids is 4. The van der Waals surface area contributed by atoms with Crippen molar-refractivity contribution in [2.24, 2.45) is 46.3 Å². The number of hydrogen-bond donors (Lipinski definition) is 0. The highest BCUT2D eigenvalue weighted by molar-refractivity contribution is 7.85. The molecule has 4 rings (SSSR count). The van der Waals surface area contributed by atoms with Gasteiger partial charge in [-0.1, -0.05) is 20.8 Å². The Hall–Kier alpha value is -1.61. The maximum atomic E-state index is 13.8. The van der Waals surface area contributed by atoms with Crippen molar-refractivity contribution in [1.82, 2.24) is 0 Å². The van der Waals surface area contributed by atoms with E-state index in [4.69, 9.17) is 4.74 Å². The monoisotopic (exact) mass is 537 g/mol. The van der Waals surface area contributed by atoms with Gasteiger partial charge in [0.05, 0.1) is 16.7 Å². The minimum Gasteiger partial charge on any atom is -0.748 e. The van der Waals surface area contributed by atoms with Gasteiger partial charge in [-0.3, -0.25) is 19.2 Å². The molecule has 0 amide bonds. The number of hydrogen-bond acceptors (Lipinski definition) is 8. The van der Waals surface area contributed by atoms with E-state index in [0.29, 0.717) is 38.5 Å². The Morgan fingerprint density at radius 1 is 1.08 bits per heavy atom. The van der Waals surface area contributed by atoms with Crippen molar-refractivity contribution in [3.63, 3.8) is 0 Å². The predicted octanol–water partition coefficient (Wildman–Crippen LogP) is 3.86. The SMILES string of the molecule is C[C@H](CCC(=O)OCCCCS(=O)(=O)[O-])[C@H]1CC[C@H]2[C@@H]3C(=O)CC4CC(=O)CC[C@]4(C)[C@H]3CC(=O)[C@]12C. The van der Waals surface area contributed by atoms with Gasteiger partial charge in [-0.2, -0.15) is 0 Å². The quantitative estimate of drug-likeness (QED) is 0.246. The van der Waals surface area contributed by atoms with E-state index in [1.165, 1.54) is 0 Å². The molecule has 0 saturated heterocycles. The van der Waals surface area contributed by atoms with E-state index in [9.17, 15) is 32.1 Å². The Morgan fingerprint density at radius 2 is 1.81 bits per heavy atom. The molecule has 4 saturated carbocycles. The number of ketones is 3. The maximum Gasteiger partial charge on any atom is 0.305 e. The number of Topliss-reactive ketones (excluding diaryl/α,β-unsaturated/α-hetero) is 3. The molecule has 0 N–H and O–H groups in total. The minimum absolute atomic E-state index is 0.0260. The van der Waals surface area contributed by atoms with Gasteiger partial charge >= 0.3 is 5.97 Å². The summed E-state index contributed by atoms with van der Waals surface area (Å²) in [6.07, 6.45) is 5.65. The van der Waals surface area contributed by atoms with E-state index in [2.05, 4.69) is 20.8 Å². The van der Waals surface area contributed by atoms with Crippen LogP contribution in [0.1, 0.15) is 91.4 Å². The van der Waals surface area contributed by atoms with Crippen LogP contribution in [0.5, 0.6) is 0 Å². The van der Waals surface area contributed by atoms with Crippen LogP contribution in [-0.2, 0) is 34.0 Å². The summed E-state index contributed by atoms with van der Waals surface area (Å²) < 4.78 is 37.2. The van der Waals surface area contributed by atoms with Gasteiger partial charge in [0.1, 0.15) is 17.3 Å². The minimum atomic E-state index is -4.25. The van der Waals surface area contributed by atoms with Crippen LogP contribution in [0.15, 0.2) is 0 Å². The zero-order valence-corrected chi connectivity index (χ0v) is 23.1. The molecule has 9 heteroatoms. The summed E-state index contributed by atoms with van der Waals surface area (Å²) in [6, 6.07) is 0. The average Bonchev–Trinajstić information content (AvgIpc) is 3.17. The molecule has 0 aromatic carbocycles. The second kappa shape index (κ2) is 10.5. The lowest BCUT2D eigenvalue weighted by atomic mass is 9.44. The number of fused-ring (bicyclic) bond motifs is 5. The Morgan fingerprint density at radius 3 is 2.51 bits per heavy atom. The topological polar surface area (TPSA) is 135 Å². The summed E-state index contributed by atoms with van der Waals surface area (Å²) in [5.74, 6) is 0.127. The summed E-state index contributed by atoms with van der Waals surface area (Å²) in [4.78, 5) is 51.7. The molecule has 0 bridgehead atoms. The van der Waals surface area contributed by atoms with Crippen LogP contribution in [0.2, 0.25) is 0 Å². The second-order valence-corrected chi connectivity index (χ2v) is 14.2. The van der Waals surface area contributed by atoms with Crippen LogP contribution >= 0.6 is 0 Å². The third-order valence-electron chi connectivity index (χ3n) is 10.8. The van der Waals surface area contributed by atoms with Crippen molar-refractivity contribution in [1.29, 1.82) is 0 Å². The first-order chi connectivity index (χ1) is 17.3. The molecule has 4 aliphatic rings. The van der Waals surface area contributed by atoms with Crippen LogP contribution in [0.3, 0.4) is 0 Å². The van der Waals surface area contributed by atoms with E-state index in [0.717, 1.165) is 19.3 Å². The highest BCUT2D eigenvalue weighted by atomic mass is 32.2. The molecular formula is C28H41O8S-. The van der Waals surface area contributed by atoms with E-state index in [1.807, 2.05) is 0 Å². The third kappa shape index (κ3) is 5.45. The first-order valence-corrected chi connectivity index (χ1v) is 15.5. The van der Waals surface area contributed by atoms with Gasteiger partial charge in [-0.15, -0.1) is 0 Å². The summed E-state index contributed by atoms with van der Waals surface area (Å²) in [5.41, 5.74) is -0.702. The average molecular weight is 538 g/mol. The second-order valence-electron chi connectivity index (χ2n) is 12.7. The molecule has 4 fully saturated rings. The smallest absolute Gasteiger partial charge is 0.305 e. The van der Waals surface area contributed by atoms with E-state index < -0.39 is 21.3 Å². The first-order valence-electron chi connectivity index (χ1n) is 13.9. The summed E-state index contributed by atoms with van der Waals surface area (Å²) in [6.45, 7) is 6.43. The standard InChI is InChI=1S/C28H42O8S/c1-17(6-9-25(32)36-12-4-5-13-37(33,34)35)20-7-8-21-26-22(16-24(31)28(20,21)3)27(2)11-10-19(29)14-18(27)15-23(26)30/h17-18,20-22,26H,4-16H2,1-3H3,(H,33,34,35)/p-1/t17-,18?,20-,21+,22+,26+,27+,28-/m1/s1. The van der Waals surface area contributed by atoms with Crippen molar-refractivity contribution < 1.29 is 36.9 Å². The molecule has 0 spiro atoms. The lowest BCUT2D eigenvalue weighted by molar-refractivity contribution is -0.166. The number of esters is 1. The van der Waals surface area contributed by atoms with Crippen molar-refractivity contribution in [3.05, 3.63) is 0 Å². The van der Waals surface area contributed by atoms with Crippen molar-refractivity contribution >= 4 is 33.4 Å². The van der Waals surface area contributed by atoms with Crippen molar-refractivity contribution in [2.45, 2.75) is 91.4 Å². The molecule has 1 unspecified atom stereocenters. The number of unbranched alkanes of at least 4 members (excludes halogenated alkanes) is 1.